The third-order valence-corrected chi connectivity index (χ3v) is 7.37. The highest BCUT2D eigenvalue weighted by molar-refractivity contribution is 7.84. The molecule has 0 bridgehead atoms. The van der Waals surface area contributed by atoms with Crippen LogP contribution in [-0.2, 0) is 43.1 Å². The second-order valence-electron chi connectivity index (χ2n) is 9.13. The summed E-state index contributed by atoms with van der Waals surface area (Å²) in [6.07, 6.45) is 5.09. The van der Waals surface area contributed by atoms with Gasteiger partial charge in [-0.15, -0.1) is 16.4 Å². The maximum atomic E-state index is 13.2. The molecule has 1 aliphatic heterocycles. The van der Waals surface area contributed by atoms with Gasteiger partial charge in [-0.2, -0.15) is 8.42 Å². The number of aliphatic carboxylic acids is 1. The molecule has 2 amide bonds. The number of carboxylic acids is 1. The second kappa shape index (κ2) is 10.6. The number of pyridine rings is 1. The number of nitrogens with two attached hydrogens (primary N) is 1. The molecule has 5 N–H and O–H groups in total. The van der Waals surface area contributed by atoms with Gasteiger partial charge in [0.2, 0.25) is 5.60 Å². The monoisotopic (exact) mass is 594 g/mol. The zero-order chi connectivity index (χ0) is 29.4. The van der Waals surface area contributed by atoms with Crippen LogP contribution in [0.1, 0.15) is 19.5 Å². The van der Waals surface area contributed by atoms with E-state index < -0.39 is 51.5 Å². The highest BCUT2D eigenvalue weighted by Crippen LogP contribution is 2.26. The number of thiazole rings is 1. The number of nitrogens with one attached hydrogen (secondary N) is 1. The lowest BCUT2D eigenvalue weighted by atomic mass is 9.98. The van der Waals surface area contributed by atoms with Gasteiger partial charge in [0.25, 0.3) is 11.8 Å². The molecule has 3 aromatic heterocycles. The van der Waals surface area contributed by atoms with Gasteiger partial charge in [-0.25, -0.2) is 23.3 Å². The van der Waals surface area contributed by atoms with Gasteiger partial charge < -0.3 is 21.0 Å². The largest absolute Gasteiger partial charge is 0.478 e. The summed E-state index contributed by atoms with van der Waals surface area (Å²) in [6, 6.07) is 0.822. The Morgan fingerprint density at radius 1 is 1.32 bits per heavy atom. The van der Waals surface area contributed by atoms with Gasteiger partial charge in [0.15, 0.2) is 23.2 Å². The van der Waals surface area contributed by atoms with Gasteiger partial charge in [0, 0.05) is 23.1 Å². The summed E-state index contributed by atoms with van der Waals surface area (Å²) in [7, 11) is -3.15. The summed E-state index contributed by atoms with van der Waals surface area (Å²) in [5, 5.41) is 24.7. The maximum Gasteiger partial charge on any atom is 0.362 e. The third kappa shape index (κ3) is 5.90. The van der Waals surface area contributed by atoms with Crippen LogP contribution in [0.25, 0.3) is 11.3 Å². The first-order chi connectivity index (χ1) is 18.7. The number of carboxylic acid groups (broad SMARTS) is 1. The van der Waals surface area contributed by atoms with E-state index in [4.69, 9.17) is 10.6 Å². The quantitative estimate of drug-likeness (QED) is 0.0696. The van der Waals surface area contributed by atoms with Crippen molar-refractivity contribution in [3.05, 3.63) is 41.8 Å². The first-order valence-electron chi connectivity index (χ1n) is 11.4. The molecule has 4 heterocycles. The molecule has 2 unspecified atom stereocenters. The van der Waals surface area contributed by atoms with E-state index in [9.17, 15) is 32.5 Å². The molecular formula is C21H24N9O8S2+. The van der Waals surface area contributed by atoms with Crippen LogP contribution in [0, 0.1) is 0 Å². The van der Waals surface area contributed by atoms with E-state index >= 15 is 0 Å². The van der Waals surface area contributed by atoms with Crippen LogP contribution in [0.2, 0.25) is 0 Å². The number of nitrogen functional groups attached to an aromatic ring is 1. The van der Waals surface area contributed by atoms with E-state index in [1.54, 1.807) is 24.5 Å². The molecule has 3 aromatic rings. The van der Waals surface area contributed by atoms with Crippen molar-refractivity contribution in [3.8, 4) is 11.3 Å². The molecule has 0 spiro atoms. The van der Waals surface area contributed by atoms with Gasteiger partial charge in [0.1, 0.15) is 24.5 Å². The lowest BCUT2D eigenvalue weighted by Crippen LogP contribution is -2.73. The summed E-state index contributed by atoms with van der Waals surface area (Å²) in [6.45, 7) is 2.12. The number of hydrogen-bond acceptors (Lipinski definition) is 12. The maximum absolute atomic E-state index is 13.2. The van der Waals surface area contributed by atoms with Crippen LogP contribution in [0.15, 0.2) is 41.3 Å². The van der Waals surface area contributed by atoms with Crippen molar-refractivity contribution >= 4 is 50.3 Å². The van der Waals surface area contributed by atoms with E-state index in [1.165, 1.54) is 30.1 Å². The molecule has 40 heavy (non-hydrogen) atoms. The number of aromatic nitrogens is 5. The van der Waals surface area contributed by atoms with Crippen molar-refractivity contribution in [2.45, 2.75) is 38.1 Å². The predicted molar refractivity (Wildman–Crippen MR) is 137 cm³/mol. The molecule has 0 aliphatic carbocycles. The van der Waals surface area contributed by atoms with Gasteiger partial charge in [-0.3, -0.25) is 14.1 Å². The average Bonchev–Trinajstić information content (AvgIpc) is 3.51. The Morgan fingerprint density at radius 3 is 2.58 bits per heavy atom. The van der Waals surface area contributed by atoms with Crippen molar-refractivity contribution in [1.29, 1.82) is 0 Å². The number of rotatable bonds is 10. The van der Waals surface area contributed by atoms with E-state index in [0.717, 1.165) is 16.9 Å². The Morgan fingerprint density at radius 2 is 2.00 bits per heavy atom. The summed E-state index contributed by atoms with van der Waals surface area (Å²) in [5.41, 5.74) is 4.41. The number of β-lactam (4-membered cyclic amide) rings is 1. The number of carbonyl (C=O) groups is 3. The van der Waals surface area contributed by atoms with E-state index in [-0.39, 0.29) is 21.7 Å². The van der Waals surface area contributed by atoms with Gasteiger partial charge in [-0.05, 0) is 13.8 Å². The molecule has 2 atom stereocenters. The molecule has 0 saturated carbocycles. The molecule has 1 saturated heterocycles. The SMILES string of the molecule is C[n+]1ccc(-c2cn(CC3C(NC(=O)C(=NOC(C)(C)C(=O)O)c4csc(N)n4)C(=O)N3S(=O)(=O)O)nn2)cc1. The number of anilines is 1. The molecule has 212 valence electrons. The first-order valence-corrected chi connectivity index (χ1v) is 13.6. The summed E-state index contributed by atoms with van der Waals surface area (Å²) < 4.78 is 36.8. The molecular weight excluding hydrogens is 570 g/mol. The highest BCUT2D eigenvalue weighted by atomic mass is 32.2. The second-order valence-corrected chi connectivity index (χ2v) is 11.3. The van der Waals surface area contributed by atoms with E-state index in [1.807, 2.05) is 11.6 Å². The molecule has 19 heteroatoms. The number of carbonyl (C=O) groups excluding carboxylic acids is 2. The van der Waals surface area contributed by atoms with Crippen LogP contribution in [-0.4, -0.2) is 83.5 Å². The minimum atomic E-state index is -4.99. The summed E-state index contributed by atoms with van der Waals surface area (Å²) in [4.78, 5) is 46.3. The first kappa shape index (κ1) is 28.5. The standard InChI is InChI=1S/C21H23N9O8S2/c1-21(2,19(33)34)38-26-15(13-10-39-20(22)23-13)17(31)24-16-14(30(18(16)32)40(35,36)37)9-29-8-12(25-27-29)11-4-6-28(3)7-5-11/h4-8,10,14,16H,9H2,1-3H3,(H4-,22,23,24,31,33,34,35,36,37)/p+1. The van der Waals surface area contributed by atoms with E-state index in [0.29, 0.717) is 5.69 Å². The lowest BCUT2D eigenvalue weighted by Gasteiger charge is -2.43. The van der Waals surface area contributed by atoms with Crippen molar-refractivity contribution in [1.82, 2.24) is 29.6 Å². The van der Waals surface area contributed by atoms with Gasteiger partial charge in [-0.1, -0.05) is 10.4 Å². The zero-order valence-electron chi connectivity index (χ0n) is 21.2. The summed E-state index contributed by atoms with van der Waals surface area (Å²) >= 11 is 0.963. The van der Waals surface area contributed by atoms with Crippen molar-refractivity contribution < 1.29 is 41.9 Å². The number of amides is 2. The third-order valence-electron chi connectivity index (χ3n) is 5.75. The van der Waals surface area contributed by atoms with Crippen molar-refractivity contribution in [2.75, 3.05) is 5.73 Å². The zero-order valence-corrected chi connectivity index (χ0v) is 22.8. The predicted octanol–water partition coefficient (Wildman–Crippen LogP) is -1.41. The lowest BCUT2D eigenvalue weighted by molar-refractivity contribution is -0.671. The Bertz CT molecular complexity index is 1600. The van der Waals surface area contributed by atoms with Crippen LogP contribution in [0.5, 0.6) is 0 Å². The Hall–Kier alpha value is -4.49. The molecule has 1 aliphatic rings. The fourth-order valence-corrected chi connectivity index (χ4v) is 4.95. The van der Waals surface area contributed by atoms with Crippen LogP contribution < -0.4 is 15.6 Å². The van der Waals surface area contributed by atoms with Crippen LogP contribution >= 0.6 is 11.3 Å². The number of oxime groups is 1. The molecule has 1 fully saturated rings. The topological polar surface area (TPSA) is 236 Å². The van der Waals surface area contributed by atoms with Crippen molar-refractivity contribution in [2.24, 2.45) is 12.2 Å². The number of aryl methyl sites for hydroxylation is 1. The van der Waals surface area contributed by atoms with Gasteiger partial charge >= 0.3 is 16.3 Å². The molecule has 4 rings (SSSR count). The van der Waals surface area contributed by atoms with Gasteiger partial charge in [0.05, 0.1) is 18.8 Å². The molecule has 17 nitrogen and oxygen atoms in total. The highest BCUT2D eigenvalue weighted by Gasteiger charge is 2.54. The van der Waals surface area contributed by atoms with Crippen molar-refractivity contribution in [3.63, 3.8) is 0 Å². The number of hydrogen-bond donors (Lipinski definition) is 4. The van der Waals surface area contributed by atoms with Crippen LogP contribution in [0.4, 0.5) is 5.13 Å². The Balaban J connectivity index is 1.59. The number of nitrogens with zero attached hydrogens (tertiary/aromatic N) is 7. The fourth-order valence-electron chi connectivity index (χ4n) is 3.53. The minimum Gasteiger partial charge on any atom is -0.478 e. The minimum absolute atomic E-state index is 0.0669. The smallest absolute Gasteiger partial charge is 0.362 e. The Labute approximate surface area is 230 Å². The molecule has 0 radical (unpaired) electrons. The summed E-state index contributed by atoms with van der Waals surface area (Å²) in [5.74, 6) is -3.54. The fraction of sp³-hybridized carbons (Fsp3) is 0.333. The van der Waals surface area contributed by atoms with Crippen LogP contribution in [0.3, 0.4) is 0 Å². The van der Waals surface area contributed by atoms with E-state index in [2.05, 4.69) is 25.8 Å². The average molecular weight is 595 g/mol. The molecule has 0 aromatic carbocycles. The normalized spacial score (nSPS) is 17.9. The Kier molecular flexibility index (Phi) is 7.55.